The quantitative estimate of drug-likeness (QED) is 0.212. The third kappa shape index (κ3) is 5.34. The van der Waals surface area contributed by atoms with Crippen LogP contribution in [-0.4, -0.2) is 47.6 Å². The maximum Gasteiger partial charge on any atom is 0.295 e. The zero-order chi connectivity index (χ0) is 29.2. The van der Waals surface area contributed by atoms with Gasteiger partial charge in [0.05, 0.1) is 39.0 Å². The number of aliphatic hydroxyl groups is 1. The number of aromatic hydroxyl groups is 1. The number of Topliss-reactive ketones (excluding diaryl/α,β-unsaturated/α-hetero) is 1. The molecule has 1 amide bonds. The highest BCUT2D eigenvalue weighted by Crippen LogP contribution is 2.44. The molecule has 1 saturated heterocycles. The van der Waals surface area contributed by atoms with Crippen LogP contribution in [0.25, 0.3) is 5.76 Å². The van der Waals surface area contributed by atoms with E-state index in [0.29, 0.717) is 34.8 Å². The number of benzene rings is 3. The number of phenols is 1. The number of hydrogen-bond donors (Lipinski definition) is 2. The normalized spacial score (nSPS) is 16.8. The summed E-state index contributed by atoms with van der Waals surface area (Å²) < 4.78 is 16.6. The predicted octanol–water partition coefficient (Wildman–Crippen LogP) is 5.73. The van der Waals surface area contributed by atoms with E-state index >= 15 is 0 Å². The fourth-order valence-corrected chi connectivity index (χ4v) is 4.98. The van der Waals surface area contributed by atoms with E-state index in [0.717, 1.165) is 5.56 Å². The lowest BCUT2D eigenvalue weighted by Crippen LogP contribution is -2.29. The van der Waals surface area contributed by atoms with Gasteiger partial charge in [-0.15, -0.1) is 0 Å². The van der Waals surface area contributed by atoms with Crippen molar-refractivity contribution in [1.82, 2.24) is 4.90 Å². The zero-order valence-electron chi connectivity index (χ0n) is 23.6. The largest absolute Gasteiger partial charge is 0.507 e. The van der Waals surface area contributed by atoms with Gasteiger partial charge in [-0.3, -0.25) is 9.59 Å². The summed E-state index contributed by atoms with van der Waals surface area (Å²) in [5, 5.41) is 22.0. The molecule has 4 rings (SSSR count). The van der Waals surface area contributed by atoms with E-state index in [2.05, 4.69) is 0 Å². The second-order valence-corrected chi connectivity index (χ2v) is 10.6. The van der Waals surface area contributed by atoms with Gasteiger partial charge in [0.2, 0.25) is 0 Å². The van der Waals surface area contributed by atoms with E-state index < -0.39 is 17.7 Å². The van der Waals surface area contributed by atoms with Crippen LogP contribution in [0.2, 0.25) is 0 Å². The molecule has 0 saturated carbocycles. The van der Waals surface area contributed by atoms with E-state index in [4.69, 9.17) is 14.2 Å². The van der Waals surface area contributed by atoms with Gasteiger partial charge < -0.3 is 29.3 Å². The van der Waals surface area contributed by atoms with Crippen LogP contribution in [0.1, 0.15) is 56.0 Å². The molecule has 0 radical (unpaired) electrons. The van der Waals surface area contributed by atoms with Crippen molar-refractivity contribution < 1.29 is 34.0 Å². The van der Waals surface area contributed by atoms with Crippen LogP contribution in [0.3, 0.4) is 0 Å². The lowest BCUT2D eigenvalue weighted by atomic mass is 9.84. The van der Waals surface area contributed by atoms with Gasteiger partial charge in [-0.05, 0) is 54.3 Å². The van der Waals surface area contributed by atoms with E-state index in [1.54, 1.807) is 50.4 Å². The van der Waals surface area contributed by atoms with Gasteiger partial charge in [0, 0.05) is 16.7 Å². The van der Waals surface area contributed by atoms with E-state index in [1.807, 2.05) is 39.0 Å². The second-order valence-electron chi connectivity index (χ2n) is 10.6. The van der Waals surface area contributed by atoms with Crippen LogP contribution >= 0.6 is 0 Å². The molecule has 1 atom stereocenters. The number of ether oxygens (including phenoxy) is 3. The molecular weight excluding hydrogens is 510 g/mol. The topological polar surface area (TPSA) is 106 Å². The first-order valence-corrected chi connectivity index (χ1v) is 13.1. The summed E-state index contributed by atoms with van der Waals surface area (Å²) in [5.74, 6) is -0.514. The number of rotatable bonds is 8. The number of hydrogen-bond acceptors (Lipinski definition) is 7. The molecule has 0 spiro atoms. The van der Waals surface area contributed by atoms with Crippen LogP contribution in [0.4, 0.5) is 0 Å². The zero-order valence-corrected chi connectivity index (χ0v) is 23.6. The molecule has 0 aromatic heterocycles. The molecule has 0 bridgehead atoms. The molecule has 210 valence electrons. The Morgan fingerprint density at radius 3 is 2.27 bits per heavy atom. The molecule has 3 aromatic carbocycles. The molecule has 40 heavy (non-hydrogen) atoms. The lowest BCUT2D eigenvalue weighted by Gasteiger charge is -2.27. The fraction of sp³-hybridized carbons (Fsp3) is 0.312. The van der Waals surface area contributed by atoms with E-state index in [-0.39, 0.29) is 34.8 Å². The number of nitrogens with zero attached hydrogens (tertiary/aromatic N) is 1. The Morgan fingerprint density at radius 1 is 0.925 bits per heavy atom. The van der Waals surface area contributed by atoms with E-state index in [1.165, 1.54) is 18.1 Å². The van der Waals surface area contributed by atoms with Crippen molar-refractivity contribution in [3.63, 3.8) is 0 Å². The maximum absolute atomic E-state index is 13.6. The smallest absolute Gasteiger partial charge is 0.295 e. The van der Waals surface area contributed by atoms with Crippen LogP contribution in [0.5, 0.6) is 23.0 Å². The summed E-state index contributed by atoms with van der Waals surface area (Å²) in [7, 11) is 3.11. The standard InChI is InChI=1S/C32H35NO7/c1-7-40-26-17-19(12-14-23(26)34)28-27(29(35)20-13-15-25(39-6)22(16-20)32(2,3)4)30(36)31(37)33(28)18-21-10-8-9-11-24(21)38-5/h8-17,28,34-35H,7,18H2,1-6H3/b29-27+. The molecule has 8 heteroatoms. The number of para-hydroxylation sites is 1. The van der Waals surface area contributed by atoms with E-state index in [9.17, 15) is 19.8 Å². The number of phenolic OH excluding ortho intramolecular Hbond substituents is 1. The van der Waals surface area contributed by atoms with Crippen molar-refractivity contribution in [2.24, 2.45) is 0 Å². The van der Waals surface area contributed by atoms with Gasteiger partial charge in [-0.2, -0.15) is 0 Å². The van der Waals surface area contributed by atoms with Gasteiger partial charge in [0.25, 0.3) is 11.7 Å². The molecule has 1 aliphatic heterocycles. The highest BCUT2D eigenvalue weighted by Gasteiger charge is 2.46. The number of ketones is 1. The first-order valence-electron chi connectivity index (χ1n) is 13.1. The summed E-state index contributed by atoms with van der Waals surface area (Å²) in [6, 6.07) is 16.1. The molecule has 1 aliphatic rings. The number of aliphatic hydroxyl groups excluding tert-OH is 1. The fourth-order valence-electron chi connectivity index (χ4n) is 4.98. The summed E-state index contributed by atoms with van der Waals surface area (Å²) in [6.07, 6.45) is 0. The van der Waals surface area contributed by atoms with Gasteiger partial charge in [-0.1, -0.05) is 45.0 Å². The summed E-state index contributed by atoms with van der Waals surface area (Å²) >= 11 is 0. The van der Waals surface area contributed by atoms with Crippen molar-refractivity contribution in [3.05, 3.63) is 88.5 Å². The maximum atomic E-state index is 13.6. The summed E-state index contributed by atoms with van der Waals surface area (Å²) in [6.45, 7) is 8.21. The SMILES string of the molecule is CCOc1cc(C2/C(=C(\O)c3ccc(OC)c(C(C)(C)C)c3)C(=O)C(=O)N2Cc2ccccc2OC)ccc1O. The average Bonchev–Trinajstić information content (AvgIpc) is 3.18. The average molecular weight is 546 g/mol. The summed E-state index contributed by atoms with van der Waals surface area (Å²) in [4.78, 5) is 28.5. The Morgan fingerprint density at radius 2 is 1.62 bits per heavy atom. The first-order chi connectivity index (χ1) is 19.0. The second kappa shape index (κ2) is 11.3. The van der Waals surface area contributed by atoms with Crippen molar-refractivity contribution in [2.45, 2.75) is 45.7 Å². The Labute approximate surface area is 234 Å². The molecule has 8 nitrogen and oxygen atoms in total. The lowest BCUT2D eigenvalue weighted by molar-refractivity contribution is -0.140. The minimum atomic E-state index is -0.954. The molecule has 1 unspecified atom stereocenters. The highest BCUT2D eigenvalue weighted by molar-refractivity contribution is 6.46. The molecule has 3 aromatic rings. The molecule has 2 N–H and O–H groups in total. The van der Waals surface area contributed by atoms with Crippen LogP contribution in [0, 0.1) is 0 Å². The van der Waals surface area contributed by atoms with Gasteiger partial charge in [0.1, 0.15) is 17.3 Å². The van der Waals surface area contributed by atoms with Crippen LogP contribution < -0.4 is 14.2 Å². The number of carbonyl (C=O) groups is 2. The van der Waals surface area contributed by atoms with Gasteiger partial charge in [0.15, 0.2) is 11.5 Å². The predicted molar refractivity (Wildman–Crippen MR) is 152 cm³/mol. The number of methoxy groups -OCH3 is 2. The van der Waals surface area contributed by atoms with Crippen molar-refractivity contribution in [2.75, 3.05) is 20.8 Å². The van der Waals surface area contributed by atoms with Crippen LogP contribution in [-0.2, 0) is 21.5 Å². The number of likely N-dealkylation sites (tertiary alicyclic amines) is 1. The first kappa shape index (κ1) is 28.5. The molecule has 1 heterocycles. The highest BCUT2D eigenvalue weighted by atomic mass is 16.5. The third-order valence-electron chi connectivity index (χ3n) is 6.95. The Balaban J connectivity index is 1.94. The van der Waals surface area contributed by atoms with Crippen LogP contribution in [0.15, 0.2) is 66.2 Å². The molecular formula is C32H35NO7. The number of amides is 1. The van der Waals surface area contributed by atoms with Gasteiger partial charge in [-0.25, -0.2) is 0 Å². The molecule has 1 fully saturated rings. The Bertz CT molecular complexity index is 1470. The van der Waals surface area contributed by atoms with Crippen molar-refractivity contribution in [3.8, 4) is 23.0 Å². The van der Waals surface area contributed by atoms with Gasteiger partial charge >= 0.3 is 0 Å². The minimum absolute atomic E-state index is 0.0523. The van der Waals surface area contributed by atoms with Crippen molar-refractivity contribution in [1.29, 1.82) is 0 Å². The Hall–Kier alpha value is -4.46. The Kier molecular flexibility index (Phi) is 8.09. The monoisotopic (exact) mass is 545 g/mol. The molecule has 0 aliphatic carbocycles. The third-order valence-corrected chi connectivity index (χ3v) is 6.95. The minimum Gasteiger partial charge on any atom is -0.507 e. The van der Waals surface area contributed by atoms with Crippen molar-refractivity contribution >= 4 is 17.4 Å². The summed E-state index contributed by atoms with van der Waals surface area (Å²) in [5.41, 5.74) is 2.04. The number of carbonyl (C=O) groups excluding carboxylic acids is 2.